The van der Waals surface area contributed by atoms with E-state index in [-0.39, 0.29) is 17.2 Å². The molecule has 0 bridgehead atoms. The number of ether oxygens (including phenoxy) is 1. The van der Waals surface area contributed by atoms with Gasteiger partial charge in [0.05, 0.1) is 5.02 Å². The number of carbonyl (C=O) groups is 1. The molecular formula is C12H12Cl4O2. The second kappa shape index (κ2) is 6.85. The molecule has 0 saturated heterocycles. The average Bonchev–Trinajstić information content (AvgIpc) is 2.30. The predicted octanol–water partition coefficient (Wildman–Crippen LogP) is 5.26. The van der Waals surface area contributed by atoms with Gasteiger partial charge in [-0.25, -0.2) is 0 Å². The Labute approximate surface area is 126 Å². The number of rotatable bonds is 5. The third-order valence-corrected chi connectivity index (χ3v) is 3.77. The van der Waals surface area contributed by atoms with Crippen molar-refractivity contribution in [1.29, 1.82) is 0 Å². The van der Waals surface area contributed by atoms with Gasteiger partial charge in [-0.2, -0.15) is 0 Å². The van der Waals surface area contributed by atoms with Gasteiger partial charge in [0.25, 0.3) is 0 Å². The molecule has 0 radical (unpaired) electrons. The van der Waals surface area contributed by atoms with Crippen LogP contribution in [0, 0.1) is 0 Å². The normalized spacial score (nSPS) is 11.4. The van der Waals surface area contributed by atoms with Gasteiger partial charge in [0.1, 0.15) is 10.1 Å². The molecule has 2 nitrogen and oxygen atoms in total. The van der Waals surface area contributed by atoms with Crippen LogP contribution >= 0.6 is 46.4 Å². The summed E-state index contributed by atoms with van der Waals surface area (Å²) in [4.78, 5) is 11.6. The molecular weight excluding hydrogens is 318 g/mol. The zero-order chi connectivity index (χ0) is 13.8. The van der Waals surface area contributed by atoms with E-state index in [1.807, 2.05) is 6.92 Å². The molecule has 1 rings (SSSR count). The molecule has 0 N–H and O–H groups in total. The Balaban J connectivity index is 2.55. The van der Waals surface area contributed by atoms with Crippen molar-refractivity contribution in [2.24, 2.45) is 0 Å². The third kappa shape index (κ3) is 5.23. The summed E-state index contributed by atoms with van der Waals surface area (Å²) in [5.74, 6) is -0.157. The van der Waals surface area contributed by atoms with Crippen LogP contribution in [0.5, 0.6) is 5.75 Å². The molecule has 100 valence electrons. The first-order valence-electron chi connectivity index (χ1n) is 5.37. The Kier molecular flexibility index (Phi) is 6.06. The molecule has 0 amide bonds. The highest BCUT2D eigenvalue weighted by atomic mass is 35.5. The third-order valence-electron chi connectivity index (χ3n) is 2.33. The molecule has 0 atom stereocenters. The molecule has 0 spiro atoms. The van der Waals surface area contributed by atoms with E-state index in [0.717, 1.165) is 0 Å². The van der Waals surface area contributed by atoms with Crippen molar-refractivity contribution in [3.63, 3.8) is 0 Å². The Morgan fingerprint density at radius 2 is 2.00 bits per heavy atom. The molecule has 18 heavy (non-hydrogen) atoms. The number of hydrogen-bond acceptors (Lipinski definition) is 2. The van der Waals surface area contributed by atoms with E-state index in [9.17, 15) is 4.79 Å². The van der Waals surface area contributed by atoms with E-state index < -0.39 is 10.3 Å². The van der Waals surface area contributed by atoms with Crippen molar-refractivity contribution in [1.82, 2.24) is 0 Å². The van der Waals surface area contributed by atoms with E-state index in [1.54, 1.807) is 6.07 Å². The number of benzene rings is 1. The van der Waals surface area contributed by atoms with Crippen molar-refractivity contribution < 1.29 is 9.53 Å². The lowest BCUT2D eigenvalue weighted by molar-refractivity contribution is -0.134. The molecule has 0 unspecified atom stereocenters. The average molecular weight is 330 g/mol. The highest BCUT2D eigenvalue weighted by Crippen LogP contribution is 2.31. The van der Waals surface area contributed by atoms with Crippen LogP contribution in [0.3, 0.4) is 0 Å². The van der Waals surface area contributed by atoms with E-state index in [4.69, 9.17) is 51.1 Å². The molecule has 0 heterocycles. The summed E-state index contributed by atoms with van der Waals surface area (Å²) in [5.41, 5.74) is 0. The molecule has 0 aliphatic heterocycles. The molecule has 0 aromatic heterocycles. The van der Waals surface area contributed by atoms with Crippen molar-refractivity contribution >= 4 is 52.4 Å². The Bertz CT molecular complexity index is 432. The largest absolute Gasteiger partial charge is 0.425 e. The van der Waals surface area contributed by atoms with Gasteiger partial charge in [-0.1, -0.05) is 30.1 Å². The summed E-state index contributed by atoms with van der Waals surface area (Å²) in [5, 5.41) is 0.765. The monoisotopic (exact) mass is 328 g/mol. The zero-order valence-electron chi connectivity index (χ0n) is 9.68. The topological polar surface area (TPSA) is 26.3 Å². The van der Waals surface area contributed by atoms with Gasteiger partial charge in [0, 0.05) is 11.4 Å². The molecule has 1 aromatic carbocycles. The first-order valence-corrected chi connectivity index (χ1v) is 6.89. The van der Waals surface area contributed by atoms with Crippen LogP contribution in [0.2, 0.25) is 10.0 Å². The predicted molar refractivity (Wildman–Crippen MR) is 76.1 cm³/mol. The Hall–Kier alpha value is -0.150. The Morgan fingerprint density at radius 1 is 1.33 bits per heavy atom. The van der Waals surface area contributed by atoms with Gasteiger partial charge in [0.15, 0.2) is 0 Å². The van der Waals surface area contributed by atoms with E-state index in [0.29, 0.717) is 17.9 Å². The zero-order valence-corrected chi connectivity index (χ0v) is 12.7. The molecule has 6 heteroatoms. The highest BCUT2D eigenvalue weighted by Gasteiger charge is 2.23. The lowest BCUT2D eigenvalue weighted by Gasteiger charge is -2.16. The maximum absolute atomic E-state index is 11.6. The SMILES string of the molecule is CCC(Cl)(Cl)CCC(=O)Oc1ccc(Cl)cc1Cl. The minimum absolute atomic E-state index is 0.125. The summed E-state index contributed by atoms with van der Waals surface area (Å²) < 4.78 is 4.19. The van der Waals surface area contributed by atoms with E-state index in [1.165, 1.54) is 12.1 Å². The molecule has 0 aliphatic carbocycles. The molecule has 0 aliphatic rings. The van der Waals surface area contributed by atoms with Crippen LogP contribution in [-0.4, -0.2) is 10.3 Å². The quantitative estimate of drug-likeness (QED) is 0.418. The fourth-order valence-electron chi connectivity index (χ4n) is 1.19. The van der Waals surface area contributed by atoms with Gasteiger partial charge in [-0.05, 0) is 31.0 Å². The Morgan fingerprint density at radius 3 is 2.56 bits per heavy atom. The van der Waals surface area contributed by atoms with Crippen LogP contribution in [0.4, 0.5) is 0 Å². The number of halogens is 4. The van der Waals surface area contributed by atoms with Gasteiger partial charge in [-0.3, -0.25) is 4.79 Å². The summed E-state index contributed by atoms with van der Waals surface area (Å²) in [7, 11) is 0. The maximum atomic E-state index is 11.6. The van der Waals surface area contributed by atoms with Crippen LogP contribution in [0.1, 0.15) is 26.2 Å². The van der Waals surface area contributed by atoms with Gasteiger partial charge in [-0.15, -0.1) is 23.2 Å². The van der Waals surface area contributed by atoms with Gasteiger partial charge >= 0.3 is 5.97 Å². The minimum atomic E-state index is -0.900. The smallest absolute Gasteiger partial charge is 0.311 e. The summed E-state index contributed by atoms with van der Waals surface area (Å²) in [6.45, 7) is 1.85. The number of alkyl halides is 2. The number of esters is 1. The molecule has 0 saturated carbocycles. The number of carbonyl (C=O) groups excluding carboxylic acids is 1. The van der Waals surface area contributed by atoms with Crippen molar-refractivity contribution in [3.05, 3.63) is 28.2 Å². The van der Waals surface area contributed by atoms with E-state index >= 15 is 0 Å². The summed E-state index contributed by atoms with van der Waals surface area (Å²) >= 11 is 23.5. The van der Waals surface area contributed by atoms with Gasteiger partial charge in [0.2, 0.25) is 0 Å². The van der Waals surface area contributed by atoms with Crippen LogP contribution < -0.4 is 4.74 Å². The van der Waals surface area contributed by atoms with Crippen molar-refractivity contribution in [2.75, 3.05) is 0 Å². The second-order valence-electron chi connectivity index (χ2n) is 3.76. The standard InChI is InChI=1S/C12H12Cl4O2/c1-2-12(15,16)6-5-11(17)18-10-4-3-8(13)7-9(10)14/h3-4,7H,2,5-6H2,1H3. The minimum Gasteiger partial charge on any atom is -0.425 e. The summed E-state index contributed by atoms with van der Waals surface area (Å²) in [6.07, 6.45) is 1.02. The second-order valence-corrected chi connectivity index (χ2v) is 6.24. The fourth-order valence-corrected chi connectivity index (χ4v) is 1.83. The summed E-state index contributed by atoms with van der Waals surface area (Å²) in [6, 6.07) is 4.64. The maximum Gasteiger partial charge on any atom is 0.311 e. The molecule has 1 aromatic rings. The van der Waals surface area contributed by atoms with Crippen LogP contribution in [0.25, 0.3) is 0 Å². The lowest BCUT2D eigenvalue weighted by atomic mass is 10.2. The fraction of sp³-hybridized carbons (Fsp3) is 0.417. The van der Waals surface area contributed by atoms with Crippen LogP contribution in [-0.2, 0) is 4.79 Å². The van der Waals surface area contributed by atoms with Crippen LogP contribution in [0.15, 0.2) is 18.2 Å². The lowest BCUT2D eigenvalue weighted by Crippen LogP contribution is -2.16. The first-order chi connectivity index (χ1) is 8.34. The van der Waals surface area contributed by atoms with E-state index in [2.05, 4.69) is 0 Å². The van der Waals surface area contributed by atoms with Crippen molar-refractivity contribution in [2.45, 2.75) is 30.5 Å². The van der Waals surface area contributed by atoms with Gasteiger partial charge < -0.3 is 4.74 Å². The highest BCUT2D eigenvalue weighted by molar-refractivity contribution is 6.48. The van der Waals surface area contributed by atoms with Crippen molar-refractivity contribution in [3.8, 4) is 5.75 Å². The number of hydrogen-bond donors (Lipinski definition) is 0. The molecule has 0 fully saturated rings. The first kappa shape index (κ1) is 15.9.